The van der Waals surface area contributed by atoms with E-state index >= 15 is 0 Å². The van der Waals surface area contributed by atoms with Gasteiger partial charge in [-0.2, -0.15) is 4.99 Å². The summed E-state index contributed by atoms with van der Waals surface area (Å²) in [6.07, 6.45) is 0. The van der Waals surface area contributed by atoms with Crippen LogP contribution in [0.2, 0.25) is 0 Å². The second-order valence-electron chi connectivity index (χ2n) is 4.87. The predicted molar refractivity (Wildman–Crippen MR) is 84.2 cm³/mol. The Morgan fingerprint density at radius 1 is 1.20 bits per heavy atom. The molecule has 1 aliphatic rings. The van der Waals surface area contributed by atoms with Crippen LogP contribution in [0.4, 0.5) is 5.69 Å². The number of guanidine groups is 2. The molecule has 0 aliphatic carbocycles. The van der Waals surface area contributed by atoms with Crippen molar-refractivity contribution in [2.24, 2.45) is 21.5 Å². The molecule has 0 bridgehead atoms. The smallest absolute Gasteiger partial charge is 0.220 e. The Hall–Kier alpha value is -1.79. The van der Waals surface area contributed by atoms with Gasteiger partial charge < -0.3 is 16.2 Å². The molecular weight excluding hydrogens is 278 g/mol. The van der Waals surface area contributed by atoms with Crippen molar-refractivity contribution < 1.29 is 4.74 Å². The summed E-state index contributed by atoms with van der Waals surface area (Å²) in [5, 5.41) is 0. The predicted octanol–water partition coefficient (Wildman–Crippen LogP) is 1.44. The van der Waals surface area contributed by atoms with Gasteiger partial charge in [-0.05, 0) is 31.5 Å². The largest absolute Gasteiger partial charge is 0.380 e. The van der Waals surface area contributed by atoms with E-state index in [1.54, 1.807) is 7.11 Å². The number of halogens is 1. The molecule has 7 heteroatoms. The second-order valence-corrected chi connectivity index (χ2v) is 4.87. The minimum atomic E-state index is -0.557. The average molecular weight is 298 g/mol. The highest BCUT2D eigenvalue weighted by Gasteiger charge is 2.32. The molecule has 0 spiro atoms. The van der Waals surface area contributed by atoms with E-state index < -0.39 is 5.66 Å². The molecule has 0 fully saturated rings. The van der Waals surface area contributed by atoms with Crippen molar-refractivity contribution in [3.63, 3.8) is 0 Å². The van der Waals surface area contributed by atoms with Gasteiger partial charge in [-0.1, -0.05) is 12.1 Å². The van der Waals surface area contributed by atoms with Crippen molar-refractivity contribution in [1.29, 1.82) is 0 Å². The number of rotatable bonds is 3. The van der Waals surface area contributed by atoms with Gasteiger partial charge >= 0.3 is 0 Å². The van der Waals surface area contributed by atoms with E-state index in [1.807, 2.05) is 43.0 Å². The minimum Gasteiger partial charge on any atom is -0.380 e. The lowest BCUT2D eigenvalue weighted by atomic mass is 10.1. The van der Waals surface area contributed by atoms with E-state index in [4.69, 9.17) is 16.2 Å². The summed E-state index contributed by atoms with van der Waals surface area (Å²) in [5.41, 5.74) is 13.1. The minimum absolute atomic E-state index is 0. The highest BCUT2D eigenvalue weighted by atomic mass is 35.5. The number of nitrogens with zero attached hydrogens (tertiary/aromatic N) is 3. The van der Waals surface area contributed by atoms with Crippen LogP contribution in [-0.2, 0) is 11.3 Å². The third kappa shape index (κ3) is 3.20. The molecule has 0 amide bonds. The van der Waals surface area contributed by atoms with E-state index in [0.717, 1.165) is 11.3 Å². The van der Waals surface area contributed by atoms with Crippen molar-refractivity contribution in [1.82, 2.24) is 0 Å². The van der Waals surface area contributed by atoms with Gasteiger partial charge in [-0.25, -0.2) is 4.99 Å². The van der Waals surface area contributed by atoms with Crippen molar-refractivity contribution in [2.75, 3.05) is 12.0 Å². The fraction of sp³-hybridized carbons (Fsp3) is 0.385. The van der Waals surface area contributed by atoms with E-state index in [2.05, 4.69) is 9.98 Å². The maximum Gasteiger partial charge on any atom is 0.220 e. The zero-order chi connectivity index (χ0) is 14.0. The maximum atomic E-state index is 5.96. The topological polar surface area (TPSA) is 89.2 Å². The fourth-order valence-corrected chi connectivity index (χ4v) is 2.16. The van der Waals surface area contributed by atoms with E-state index in [9.17, 15) is 0 Å². The van der Waals surface area contributed by atoms with Crippen molar-refractivity contribution in [3.8, 4) is 0 Å². The van der Waals surface area contributed by atoms with Crippen LogP contribution in [-0.4, -0.2) is 24.7 Å². The van der Waals surface area contributed by atoms with Crippen molar-refractivity contribution >= 4 is 30.0 Å². The molecule has 1 aromatic carbocycles. The molecule has 0 atom stereocenters. The zero-order valence-corrected chi connectivity index (χ0v) is 12.6. The first-order valence-electron chi connectivity index (χ1n) is 6.01. The number of aliphatic imine (C=N–C) groups is 2. The van der Waals surface area contributed by atoms with Crippen LogP contribution in [0.1, 0.15) is 19.4 Å². The monoisotopic (exact) mass is 297 g/mol. The number of benzene rings is 1. The van der Waals surface area contributed by atoms with Gasteiger partial charge in [-0.3, -0.25) is 4.90 Å². The molecule has 1 heterocycles. The molecule has 20 heavy (non-hydrogen) atoms. The summed E-state index contributed by atoms with van der Waals surface area (Å²) >= 11 is 0. The Morgan fingerprint density at radius 3 is 2.30 bits per heavy atom. The lowest BCUT2D eigenvalue weighted by Crippen LogP contribution is -2.54. The van der Waals surface area contributed by atoms with Crippen LogP contribution >= 0.6 is 12.4 Å². The summed E-state index contributed by atoms with van der Waals surface area (Å²) in [5.74, 6) is 0.548. The van der Waals surface area contributed by atoms with Gasteiger partial charge in [0.05, 0.1) is 6.61 Å². The third-order valence-corrected chi connectivity index (χ3v) is 2.90. The van der Waals surface area contributed by atoms with Crippen LogP contribution in [0.25, 0.3) is 0 Å². The van der Waals surface area contributed by atoms with Gasteiger partial charge in [0.1, 0.15) is 5.66 Å². The molecule has 1 aromatic rings. The number of anilines is 1. The Labute approximate surface area is 124 Å². The summed E-state index contributed by atoms with van der Waals surface area (Å²) in [6, 6.07) is 7.92. The van der Waals surface area contributed by atoms with Gasteiger partial charge in [0.25, 0.3) is 0 Å². The van der Waals surface area contributed by atoms with Crippen LogP contribution in [0.5, 0.6) is 0 Å². The molecule has 110 valence electrons. The summed E-state index contributed by atoms with van der Waals surface area (Å²) in [6.45, 7) is 4.45. The van der Waals surface area contributed by atoms with Crippen LogP contribution in [0.15, 0.2) is 34.3 Å². The van der Waals surface area contributed by atoms with Gasteiger partial charge in [0, 0.05) is 12.8 Å². The Kier molecular flexibility index (Phi) is 4.97. The van der Waals surface area contributed by atoms with Crippen LogP contribution in [0.3, 0.4) is 0 Å². The molecule has 0 radical (unpaired) electrons. The Bertz CT molecular complexity index is 524. The number of nitrogens with two attached hydrogens (primary N) is 2. The lowest BCUT2D eigenvalue weighted by Gasteiger charge is -2.38. The first-order valence-corrected chi connectivity index (χ1v) is 6.01. The zero-order valence-electron chi connectivity index (χ0n) is 11.8. The number of hydrogen-bond donors (Lipinski definition) is 2. The summed E-state index contributed by atoms with van der Waals surface area (Å²) in [4.78, 5) is 10.2. The van der Waals surface area contributed by atoms with Gasteiger partial charge in [0.2, 0.25) is 11.9 Å². The molecular formula is C13H20ClN5O. The number of hydrogen-bond acceptors (Lipinski definition) is 6. The van der Waals surface area contributed by atoms with E-state index in [0.29, 0.717) is 12.6 Å². The Balaban J connectivity index is 0.00000200. The normalized spacial score (nSPS) is 17.1. The molecule has 0 unspecified atom stereocenters. The lowest BCUT2D eigenvalue weighted by molar-refractivity contribution is 0.185. The second kappa shape index (κ2) is 6.11. The molecule has 0 saturated carbocycles. The van der Waals surface area contributed by atoms with Crippen LogP contribution in [0, 0.1) is 0 Å². The van der Waals surface area contributed by atoms with Crippen molar-refractivity contribution in [2.45, 2.75) is 26.1 Å². The molecule has 2 rings (SSSR count). The highest BCUT2D eigenvalue weighted by molar-refractivity contribution is 6.05. The third-order valence-electron chi connectivity index (χ3n) is 2.90. The fourth-order valence-electron chi connectivity index (χ4n) is 2.16. The standard InChI is InChI=1S/C13H19N5O.ClH/c1-13(2)17-11(14)16-12(15)18(13)10-6-4-9(5-7-10)8-19-3;/h4-7H,8H2,1-3H3,(H4,14,15,16,17);1H. The van der Waals surface area contributed by atoms with E-state index in [-0.39, 0.29) is 18.4 Å². The molecule has 6 nitrogen and oxygen atoms in total. The quantitative estimate of drug-likeness (QED) is 0.883. The highest BCUT2D eigenvalue weighted by Crippen LogP contribution is 2.27. The number of methoxy groups -OCH3 is 1. The summed E-state index contributed by atoms with van der Waals surface area (Å²) in [7, 11) is 1.67. The first kappa shape index (κ1) is 16.3. The Morgan fingerprint density at radius 2 is 1.80 bits per heavy atom. The molecule has 0 saturated heterocycles. The van der Waals surface area contributed by atoms with Gasteiger partial charge in [0.15, 0.2) is 0 Å². The SMILES string of the molecule is COCc1ccc(N2C(N)=NC(N)=NC2(C)C)cc1.Cl. The van der Waals surface area contributed by atoms with Gasteiger partial charge in [-0.15, -0.1) is 12.4 Å². The first-order chi connectivity index (χ1) is 8.94. The summed E-state index contributed by atoms with van der Waals surface area (Å²) < 4.78 is 5.09. The maximum absolute atomic E-state index is 5.96. The molecule has 4 N–H and O–H groups in total. The number of ether oxygens (including phenoxy) is 1. The average Bonchev–Trinajstić information content (AvgIpc) is 2.29. The van der Waals surface area contributed by atoms with Crippen LogP contribution < -0.4 is 16.4 Å². The van der Waals surface area contributed by atoms with E-state index in [1.165, 1.54) is 0 Å². The van der Waals surface area contributed by atoms with Crippen molar-refractivity contribution in [3.05, 3.63) is 29.8 Å². The molecule has 1 aliphatic heterocycles. The molecule has 0 aromatic heterocycles.